The highest BCUT2D eigenvalue weighted by Crippen LogP contribution is 2.40. The molecular formula is C10H10F3NO. The highest BCUT2D eigenvalue weighted by atomic mass is 19.3. The number of rotatable bonds is 3. The van der Waals surface area contributed by atoms with Gasteiger partial charge in [0.15, 0.2) is 0 Å². The highest BCUT2D eigenvalue weighted by molar-refractivity contribution is 5.35. The third kappa shape index (κ3) is 2.23. The Balaban J connectivity index is 2.16. The molecular weight excluding hydrogens is 207 g/mol. The quantitative estimate of drug-likeness (QED) is 0.842. The molecule has 2 rings (SSSR count). The lowest BCUT2D eigenvalue weighted by Crippen LogP contribution is -2.04. The fourth-order valence-electron chi connectivity index (χ4n) is 1.56. The number of hydrogen-bond donors (Lipinski definition) is 1. The van der Waals surface area contributed by atoms with Crippen molar-refractivity contribution in [3.8, 4) is 5.75 Å². The number of alkyl halides is 2. The molecule has 0 amide bonds. The van der Waals surface area contributed by atoms with Crippen LogP contribution in [-0.4, -0.2) is 12.7 Å². The molecule has 0 heterocycles. The van der Waals surface area contributed by atoms with Gasteiger partial charge in [0.25, 0.3) is 0 Å². The third-order valence-electron chi connectivity index (χ3n) is 2.44. The topological polar surface area (TPSA) is 35.2 Å². The van der Waals surface area contributed by atoms with Crippen molar-refractivity contribution >= 4 is 0 Å². The molecule has 0 aliphatic heterocycles. The summed E-state index contributed by atoms with van der Waals surface area (Å²) in [6.45, 7) is -2.93. The summed E-state index contributed by atoms with van der Waals surface area (Å²) in [6, 6.07) is 3.73. The summed E-state index contributed by atoms with van der Waals surface area (Å²) in [5.41, 5.74) is 6.04. The fourth-order valence-corrected chi connectivity index (χ4v) is 1.56. The number of ether oxygens (including phenoxy) is 1. The van der Waals surface area contributed by atoms with Crippen LogP contribution >= 0.6 is 0 Å². The summed E-state index contributed by atoms with van der Waals surface area (Å²) in [7, 11) is 0. The molecule has 2 unspecified atom stereocenters. The molecule has 82 valence electrons. The van der Waals surface area contributed by atoms with Gasteiger partial charge in [-0.05, 0) is 18.1 Å². The van der Waals surface area contributed by atoms with E-state index in [2.05, 4.69) is 4.74 Å². The van der Waals surface area contributed by atoms with E-state index in [1.54, 1.807) is 0 Å². The predicted octanol–water partition coefficient (Wildman–Crippen LogP) is 2.24. The van der Waals surface area contributed by atoms with E-state index >= 15 is 0 Å². The van der Waals surface area contributed by atoms with Gasteiger partial charge >= 0.3 is 6.61 Å². The Labute approximate surface area is 84.8 Å². The average Bonchev–Trinajstić information content (AvgIpc) is 2.81. The molecule has 5 heteroatoms. The summed E-state index contributed by atoms with van der Waals surface area (Å²) in [4.78, 5) is 0. The minimum atomic E-state index is -2.93. The van der Waals surface area contributed by atoms with Crippen LogP contribution in [0, 0.1) is 5.82 Å². The number of benzene rings is 1. The third-order valence-corrected chi connectivity index (χ3v) is 2.44. The number of nitrogens with two attached hydrogens (primary N) is 1. The van der Waals surface area contributed by atoms with E-state index in [9.17, 15) is 13.2 Å². The molecule has 2 atom stereocenters. The fraction of sp³-hybridized carbons (Fsp3) is 0.400. The Hall–Kier alpha value is -1.23. The van der Waals surface area contributed by atoms with Crippen molar-refractivity contribution in [1.82, 2.24) is 0 Å². The molecule has 1 aromatic carbocycles. The van der Waals surface area contributed by atoms with E-state index in [-0.39, 0.29) is 17.7 Å². The standard InChI is InChI=1S/C10H10F3NO/c11-8-3-5(15-10(12)13)1-2-6(8)7-4-9(7)14/h1-3,7,9-10H,4,14H2. The van der Waals surface area contributed by atoms with E-state index in [0.717, 1.165) is 12.5 Å². The minimum Gasteiger partial charge on any atom is -0.435 e. The highest BCUT2D eigenvalue weighted by Gasteiger charge is 2.36. The van der Waals surface area contributed by atoms with Crippen LogP contribution in [0.4, 0.5) is 13.2 Å². The van der Waals surface area contributed by atoms with Crippen LogP contribution in [0.5, 0.6) is 5.75 Å². The molecule has 0 aromatic heterocycles. The first-order valence-electron chi connectivity index (χ1n) is 4.58. The maximum absolute atomic E-state index is 13.4. The van der Waals surface area contributed by atoms with Gasteiger partial charge in [-0.2, -0.15) is 8.78 Å². The van der Waals surface area contributed by atoms with Crippen LogP contribution < -0.4 is 10.5 Å². The second kappa shape index (κ2) is 3.73. The Morgan fingerprint density at radius 2 is 2.07 bits per heavy atom. The SMILES string of the molecule is NC1CC1c1ccc(OC(F)F)cc1F. The molecule has 1 aliphatic carbocycles. The predicted molar refractivity (Wildman–Crippen MR) is 48.4 cm³/mol. The zero-order valence-electron chi connectivity index (χ0n) is 7.79. The summed E-state index contributed by atoms with van der Waals surface area (Å²) in [6.07, 6.45) is 0.742. The molecule has 0 radical (unpaired) electrons. The van der Waals surface area contributed by atoms with E-state index in [4.69, 9.17) is 5.73 Å². The molecule has 0 saturated heterocycles. The van der Waals surface area contributed by atoms with Crippen LogP contribution in [0.25, 0.3) is 0 Å². The molecule has 1 fully saturated rings. The average molecular weight is 217 g/mol. The smallest absolute Gasteiger partial charge is 0.387 e. The Morgan fingerprint density at radius 3 is 2.53 bits per heavy atom. The van der Waals surface area contributed by atoms with Crippen molar-refractivity contribution in [3.05, 3.63) is 29.6 Å². The van der Waals surface area contributed by atoms with Gasteiger partial charge in [0.2, 0.25) is 0 Å². The second-order valence-electron chi connectivity index (χ2n) is 3.57. The van der Waals surface area contributed by atoms with Crippen molar-refractivity contribution in [3.63, 3.8) is 0 Å². The van der Waals surface area contributed by atoms with Crippen LogP contribution in [0.15, 0.2) is 18.2 Å². The van der Waals surface area contributed by atoms with E-state index in [0.29, 0.717) is 5.56 Å². The van der Waals surface area contributed by atoms with Gasteiger partial charge in [0, 0.05) is 18.0 Å². The summed E-state index contributed by atoms with van der Waals surface area (Å²) in [5.74, 6) is -0.683. The van der Waals surface area contributed by atoms with Crippen molar-refractivity contribution in [2.75, 3.05) is 0 Å². The molecule has 1 saturated carbocycles. The van der Waals surface area contributed by atoms with Crippen molar-refractivity contribution in [1.29, 1.82) is 0 Å². The van der Waals surface area contributed by atoms with Crippen LogP contribution in [-0.2, 0) is 0 Å². The molecule has 15 heavy (non-hydrogen) atoms. The maximum Gasteiger partial charge on any atom is 0.387 e. The first kappa shape index (κ1) is 10.3. The van der Waals surface area contributed by atoms with Crippen molar-refractivity contribution in [2.45, 2.75) is 25.0 Å². The lowest BCUT2D eigenvalue weighted by molar-refractivity contribution is -0.0500. The van der Waals surface area contributed by atoms with Gasteiger partial charge in [0.05, 0.1) is 0 Å². The second-order valence-corrected chi connectivity index (χ2v) is 3.57. The largest absolute Gasteiger partial charge is 0.435 e. The van der Waals surface area contributed by atoms with E-state index in [1.165, 1.54) is 12.1 Å². The Morgan fingerprint density at radius 1 is 1.40 bits per heavy atom. The van der Waals surface area contributed by atoms with Crippen molar-refractivity contribution in [2.24, 2.45) is 5.73 Å². The Bertz CT molecular complexity index is 370. The molecule has 0 spiro atoms. The van der Waals surface area contributed by atoms with E-state index < -0.39 is 12.4 Å². The van der Waals surface area contributed by atoms with Crippen molar-refractivity contribution < 1.29 is 17.9 Å². The van der Waals surface area contributed by atoms with Gasteiger partial charge in [0.1, 0.15) is 11.6 Å². The van der Waals surface area contributed by atoms with Crippen LogP contribution in [0.3, 0.4) is 0 Å². The first-order valence-corrected chi connectivity index (χ1v) is 4.58. The lowest BCUT2D eigenvalue weighted by atomic mass is 10.1. The van der Waals surface area contributed by atoms with Gasteiger partial charge < -0.3 is 10.5 Å². The normalized spacial score (nSPS) is 24.3. The summed E-state index contributed by atoms with van der Waals surface area (Å²) >= 11 is 0. The van der Waals surface area contributed by atoms with Gasteiger partial charge in [-0.3, -0.25) is 0 Å². The monoisotopic (exact) mass is 217 g/mol. The first-order chi connectivity index (χ1) is 7.08. The van der Waals surface area contributed by atoms with Gasteiger partial charge in [-0.15, -0.1) is 0 Å². The summed E-state index contributed by atoms with van der Waals surface area (Å²) in [5, 5.41) is 0. The van der Waals surface area contributed by atoms with E-state index in [1.807, 2.05) is 0 Å². The zero-order valence-corrected chi connectivity index (χ0v) is 7.79. The molecule has 1 aliphatic rings. The molecule has 0 bridgehead atoms. The lowest BCUT2D eigenvalue weighted by Gasteiger charge is -2.06. The molecule has 2 N–H and O–H groups in total. The maximum atomic E-state index is 13.4. The van der Waals surface area contributed by atoms with Crippen LogP contribution in [0.2, 0.25) is 0 Å². The van der Waals surface area contributed by atoms with Gasteiger partial charge in [-0.1, -0.05) is 6.07 Å². The number of halogens is 3. The van der Waals surface area contributed by atoms with Crippen LogP contribution in [0.1, 0.15) is 17.9 Å². The molecule has 1 aromatic rings. The Kier molecular flexibility index (Phi) is 2.56. The minimum absolute atomic E-state index is 0.0126. The number of hydrogen-bond acceptors (Lipinski definition) is 2. The molecule has 2 nitrogen and oxygen atoms in total. The van der Waals surface area contributed by atoms with Gasteiger partial charge in [-0.25, -0.2) is 4.39 Å². The summed E-state index contributed by atoms with van der Waals surface area (Å²) < 4.78 is 41.1. The zero-order chi connectivity index (χ0) is 11.0.